The Hall–Kier alpha value is -0.870. The average Bonchev–Trinajstić information content (AvgIpc) is 2.41. The molecule has 2 aromatic rings. The third kappa shape index (κ3) is 1.79. The first-order valence-electron chi connectivity index (χ1n) is 4.75. The van der Waals surface area contributed by atoms with Crippen LogP contribution < -0.4 is 0 Å². The standard InChI is InChI=1S/C11H13BrN2O/c1-11(2,15)7-4-5-8-9(6-7)14(3)13-10(8)12/h4-6,15H,1-3H3. The molecule has 0 amide bonds. The molecule has 1 heterocycles. The minimum Gasteiger partial charge on any atom is -0.386 e. The van der Waals surface area contributed by atoms with Gasteiger partial charge in [0.25, 0.3) is 0 Å². The van der Waals surface area contributed by atoms with Gasteiger partial charge in [-0.1, -0.05) is 6.07 Å². The second kappa shape index (κ2) is 3.32. The second-order valence-corrected chi connectivity index (χ2v) is 4.96. The lowest BCUT2D eigenvalue weighted by atomic mass is 9.98. The molecule has 0 atom stereocenters. The molecule has 0 aliphatic carbocycles. The summed E-state index contributed by atoms with van der Waals surface area (Å²) < 4.78 is 2.64. The van der Waals surface area contributed by atoms with Crippen LogP contribution in [-0.4, -0.2) is 14.9 Å². The zero-order valence-electron chi connectivity index (χ0n) is 8.95. The van der Waals surface area contributed by atoms with Crippen LogP contribution in [0, 0.1) is 0 Å². The highest BCUT2D eigenvalue weighted by molar-refractivity contribution is 9.10. The molecule has 0 saturated heterocycles. The molecule has 0 aliphatic rings. The highest BCUT2D eigenvalue weighted by atomic mass is 79.9. The fraction of sp³-hybridized carbons (Fsp3) is 0.364. The van der Waals surface area contributed by atoms with E-state index >= 15 is 0 Å². The third-order valence-electron chi connectivity index (χ3n) is 2.51. The van der Waals surface area contributed by atoms with Gasteiger partial charge in [0, 0.05) is 12.4 Å². The first-order chi connectivity index (χ1) is 6.89. The van der Waals surface area contributed by atoms with E-state index in [2.05, 4.69) is 21.0 Å². The van der Waals surface area contributed by atoms with E-state index in [0.29, 0.717) is 0 Å². The van der Waals surface area contributed by atoms with E-state index in [0.717, 1.165) is 21.1 Å². The van der Waals surface area contributed by atoms with Crippen LogP contribution >= 0.6 is 15.9 Å². The summed E-state index contributed by atoms with van der Waals surface area (Å²) in [5, 5.41) is 15.2. The zero-order chi connectivity index (χ0) is 11.2. The van der Waals surface area contributed by atoms with E-state index < -0.39 is 5.60 Å². The molecular weight excluding hydrogens is 256 g/mol. The van der Waals surface area contributed by atoms with Gasteiger partial charge in [0.05, 0.1) is 11.1 Å². The van der Waals surface area contributed by atoms with Crippen LogP contribution in [0.25, 0.3) is 10.9 Å². The van der Waals surface area contributed by atoms with Crippen molar-refractivity contribution in [3.63, 3.8) is 0 Å². The molecule has 0 saturated carbocycles. The minimum absolute atomic E-state index is 0.815. The van der Waals surface area contributed by atoms with Crippen molar-refractivity contribution in [3.05, 3.63) is 28.4 Å². The van der Waals surface area contributed by atoms with Crippen LogP contribution in [0.3, 0.4) is 0 Å². The lowest BCUT2D eigenvalue weighted by Crippen LogP contribution is -2.15. The quantitative estimate of drug-likeness (QED) is 0.864. The van der Waals surface area contributed by atoms with E-state index in [1.807, 2.05) is 25.2 Å². The summed E-state index contributed by atoms with van der Waals surface area (Å²) in [7, 11) is 1.89. The smallest absolute Gasteiger partial charge is 0.135 e. The molecule has 0 radical (unpaired) electrons. The number of aryl methyl sites for hydroxylation is 1. The summed E-state index contributed by atoms with van der Waals surface area (Å²) in [6.07, 6.45) is 0. The van der Waals surface area contributed by atoms with Crippen molar-refractivity contribution in [2.75, 3.05) is 0 Å². The molecule has 4 heteroatoms. The number of halogens is 1. The van der Waals surface area contributed by atoms with Gasteiger partial charge < -0.3 is 5.11 Å². The van der Waals surface area contributed by atoms with Crippen molar-refractivity contribution in [1.29, 1.82) is 0 Å². The summed E-state index contributed by atoms with van der Waals surface area (Å²) in [4.78, 5) is 0. The number of aliphatic hydroxyl groups is 1. The van der Waals surface area contributed by atoms with Gasteiger partial charge in [0.1, 0.15) is 4.60 Å². The molecule has 15 heavy (non-hydrogen) atoms. The Balaban J connectivity index is 2.71. The largest absolute Gasteiger partial charge is 0.386 e. The van der Waals surface area contributed by atoms with Crippen LogP contribution in [0.1, 0.15) is 19.4 Å². The molecule has 0 spiro atoms. The summed E-state index contributed by atoms with van der Waals surface area (Å²) in [6.45, 7) is 3.55. The molecule has 2 rings (SSSR count). The second-order valence-electron chi connectivity index (χ2n) is 4.21. The Kier molecular flexibility index (Phi) is 2.35. The molecule has 0 unspecified atom stereocenters. The maximum atomic E-state index is 9.90. The van der Waals surface area contributed by atoms with Gasteiger partial charge in [-0.15, -0.1) is 0 Å². The fourth-order valence-corrected chi connectivity index (χ4v) is 2.17. The summed E-state index contributed by atoms with van der Waals surface area (Å²) in [5.41, 5.74) is 1.09. The number of nitrogens with zero attached hydrogens (tertiary/aromatic N) is 2. The maximum absolute atomic E-state index is 9.90. The van der Waals surface area contributed by atoms with E-state index in [9.17, 15) is 5.11 Å². The third-order valence-corrected chi connectivity index (χ3v) is 3.10. The average molecular weight is 269 g/mol. The highest BCUT2D eigenvalue weighted by Gasteiger charge is 2.17. The zero-order valence-corrected chi connectivity index (χ0v) is 10.5. The summed E-state index contributed by atoms with van der Waals surface area (Å²) in [6, 6.07) is 5.86. The van der Waals surface area contributed by atoms with Crippen molar-refractivity contribution in [1.82, 2.24) is 9.78 Å². The molecule has 1 aromatic heterocycles. The Morgan fingerprint density at radius 2 is 2.07 bits per heavy atom. The highest BCUT2D eigenvalue weighted by Crippen LogP contribution is 2.27. The van der Waals surface area contributed by atoms with Crippen molar-refractivity contribution >= 4 is 26.8 Å². The van der Waals surface area contributed by atoms with Gasteiger partial charge in [-0.3, -0.25) is 4.68 Å². The topological polar surface area (TPSA) is 38.0 Å². The number of hydrogen-bond donors (Lipinski definition) is 1. The molecule has 0 bridgehead atoms. The molecule has 1 aromatic carbocycles. The number of hydrogen-bond acceptors (Lipinski definition) is 2. The number of fused-ring (bicyclic) bond motifs is 1. The van der Waals surface area contributed by atoms with Gasteiger partial charge >= 0.3 is 0 Å². The molecule has 3 nitrogen and oxygen atoms in total. The fourth-order valence-electron chi connectivity index (χ4n) is 1.59. The van der Waals surface area contributed by atoms with E-state index in [1.54, 1.807) is 18.5 Å². The molecule has 80 valence electrons. The Morgan fingerprint density at radius 1 is 1.40 bits per heavy atom. The van der Waals surface area contributed by atoms with Crippen LogP contribution in [0.5, 0.6) is 0 Å². The van der Waals surface area contributed by atoms with Crippen LogP contribution in [-0.2, 0) is 12.6 Å². The number of rotatable bonds is 1. The minimum atomic E-state index is -0.815. The maximum Gasteiger partial charge on any atom is 0.135 e. The molecule has 0 aliphatic heterocycles. The normalized spacial score (nSPS) is 12.3. The monoisotopic (exact) mass is 268 g/mol. The first kappa shape index (κ1) is 10.6. The Bertz CT molecular complexity index is 511. The van der Waals surface area contributed by atoms with Crippen molar-refractivity contribution in [3.8, 4) is 0 Å². The predicted octanol–water partition coefficient (Wildman–Crippen LogP) is 2.56. The summed E-state index contributed by atoms with van der Waals surface area (Å²) >= 11 is 3.40. The molecular formula is C11H13BrN2O. The SMILES string of the molecule is Cn1nc(Br)c2ccc(C(C)(C)O)cc21. The predicted molar refractivity (Wildman–Crippen MR) is 63.7 cm³/mol. The Morgan fingerprint density at radius 3 is 2.67 bits per heavy atom. The number of benzene rings is 1. The van der Waals surface area contributed by atoms with E-state index in [-0.39, 0.29) is 0 Å². The Labute approximate surface area is 96.8 Å². The van der Waals surface area contributed by atoms with Crippen molar-refractivity contribution in [2.45, 2.75) is 19.4 Å². The van der Waals surface area contributed by atoms with Crippen LogP contribution in [0.4, 0.5) is 0 Å². The van der Waals surface area contributed by atoms with Gasteiger partial charge in [-0.2, -0.15) is 5.10 Å². The molecule has 1 N–H and O–H groups in total. The van der Waals surface area contributed by atoms with E-state index in [1.165, 1.54) is 0 Å². The van der Waals surface area contributed by atoms with E-state index in [4.69, 9.17) is 0 Å². The lowest BCUT2D eigenvalue weighted by molar-refractivity contribution is 0.0787. The van der Waals surface area contributed by atoms with Crippen molar-refractivity contribution < 1.29 is 5.11 Å². The van der Waals surface area contributed by atoms with Gasteiger partial charge in [0.2, 0.25) is 0 Å². The van der Waals surface area contributed by atoms with Crippen LogP contribution in [0.2, 0.25) is 0 Å². The lowest BCUT2D eigenvalue weighted by Gasteiger charge is -2.17. The van der Waals surface area contributed by atoms with Gasteiger partial charge in [-0.05, 0) is 47.5 Å². The first-order valence-corrected chi connectivity index (χ1v) is 5.54. The summed E-state index contributed by atoms with van der Waals surface area (Å²) in [5.74, 6) is 0. The number of aromatic nitrogens is 2. The molecule has 0 fully saturated rings. The van der Waals surface area contributed by atoms with Gasteiger partial charge in [-0.25, -0.2) is 0 Å². The van der Waals surface area contributed by atoms with Crippen LogP contribution in [0.15, 0.2) is 22.8 Å². The van der Waals surface area contributed by atoms with Gasteiger partial charge in [0.15, 0.2) is 0 Å². The van der Waals surface area contributed by atoms with Crippen molar-refractivity contribution in [2.24, 2.45) is 7.05 Å².